The quantitative estimate of drug-likeness (QED) is 0.625. The van der Waals surface area contributed by atoms with Crippen molar-refractivity contribution in [3.63, 3.8) is 0 Å². The third-order valence-electron chi connectivity index (χ3n) is 2.84. The van der Waals surface area contributed by atoms with E-state index in [4.69, 9.17) is 0 Å². The Labute approximate surface area is 96.9 Å². The zero-order valence-corrected chi connectivity index (χ0v) is 9.83. The van der Waals surface area contributed by atoms with E-state index in [1.54, 1.807) is 0 Å². The Morgan fingerprint density at radius 3 is 2.75 bits per heavy atom. The Balaban J connectivity index is 2.57. The average Bonchev–Trinajstić information content (AvgIpc) is 2.29. The molecule has 2 aromatic rings. The number of allylic oxidation sites excluding steroid dienone is 2. The minimum absolute atomic E-state index is 1.19. The second-order valence-electron chi connectivity index (χ2n) is 4.15. The zero-order chi connectivity index (χ0) is 11.5. The predicted molar refractivity (Wildman–Crippen MR) is 72.5 cm³/mol. The van der Waals surface area contributed by atoms with Crippen molar-refractivity contribution in [2.75, 3.05) is 0 Å². The third-order valence-corrected chi connectivity index (χ3v) is 2.84. The van der Waals surface area contributed by atoms with E-state index in [1.165, 1.54) is 27.5 Å². The normalized spacial score (nSPS) is 11.8. The fourth-order valence-corrected chi connectivity index (χ4v) is 1.88. The van der Waals surface area contributed by atoms with Crippen LogP contribution in [0.5, 0.6) is 0 Å². The lowest BCUT2D eigenvalue weighted by Crippen LogP contribution is -1.80. The van der Waals surface area contributed by atoms with Gasteiger partial charge in [-0.3, -0.25) is 0 Å². The van der Waals surface area contributed by atoms with Crippen LogP contribution in [-0.4, -0.2) is 0 Å². The summed E-state index contributed by atoms with van der Waals surface area (Å²) < 4.78 is 0. The van der Waals surface area contributed by atoms with Crippen LogP contribution in [0.15, 0.2) is 54.6 Å². The molecule has 0 unspecified atom stereocenters. The number of hydrogen-bond acceptors (Lipinski definition) is 0. The highest BCUT2D eigenvalue weighted by atomic mass is 14.0. The number of fused-ring (bicyclic) bond motifs is 1. The fraction of sp³-hybridized carbons (Fsp3) is 0.125. The second kappa shape index (κ2) is 4.36. The van der Waals surface area contributed by atoms with Crippen molar-refractivity contribution < 1.29 is 0 Å². The van der Waals surface area contributed by atoms with Crippen LogP contribution in [0.3, 0.4) is 0 Å². The molecule has 0 saturated heterocycles. The summed E-state index contributed by atoms with van der Waals surface area (Å²) in [4.78, 5) is 0. The van der Waals surface area contributed by atoms with Crippen LogP contribution in [0.1, 0.15) is 18.1 Å². The van der Waals surface area contributed by atoms with Crippen molar-refractivity contribution in [1.29, 1.82) is 0 Å². The summed E-state index contributed by atoms with van der Waals surface area (Å²) in [5.41, 5.74) is 3.75. The first-order valence-electron chi connectivity index (χ1n) is 5.51. The van der Waals surface area contributed by atoms with Gasteiger partial charge in [0.2, 0.25) is 0 Å². The van der Waals surface area contributed by atoms with Gasteiger partial charge in [-0.1, -0.05) is 54.6 Å². The lowest BCUT2D eigenvalue weighted by atomic mass is 10.0. The van der Waals surface area contributed by atoms with Gasteiger partial charge in [-0.05, 0) is 41.8 Å². The molecule has 0 aliphatic carbocycles. The first kappa shape index (κ1) is 10.7. The molecular weight excluding hydrogens is 192 g/mol. The van der Waals surface area contributed by atoms with Crippen molar-refractivity contribution in [3.05, 3.63) is 65.8 Å². The summed E-state index contributed by atoms with van der Waals surface area (Å²) in [5, 5.41) is 2.63. The monoisotopic (exact) mass is 208 g/mol. The molecule has 0 nitrogen and oxygen atoms in total. The maximum Gasteiger partial charge on any atom is -0.0154 e. The van der Waals surface area contributed by atoms with Crippen LogP contribution in [0.4, 0.5) is 0 Å². The summed E-state index contributed by atoms with van der Waals surface area (Å²) in [7, 11) is 0. The molecule has 0 fully saturated rings. The highest BCUT2D eigenvalue weighted by molar-refractivity contribution is 5.87. The maximum atomic E-state index is 3.76. The van der Waals surface area contributed by atoms with E-state index in [0.29, 0.717) is 0 Å². The highest BCUT2D eigenvalue weighted by Crippen LogP contribution is 2.20. The Bertz CT molecular complexity index is 559. The topological polar surface area (TPSA) is 0 Å². The number of aryl methyl sites for hydroxylation is 1. The number of hydrogen-bond donors (Lipinski definition) is 0. The van der Waals surface area contributed by atoms with E-state index in [0.717, 1.165) is 0 Å². The molecule has 0 atom stereocenters. The van der Waals surface area contributed by atoms with E-state index in [1.807, 2.05) is 6.08 Å². The highest BCUT2D eigenvalue weighted by Gasteiger charge is 1.97. The molecule has 0 heterocycles. The van der Waals surface area contributed by atoms with Crippen molar-refractivity contribution in [1.82, 2.24) is 0 Å². The molecule has 0 aliphatic heterocycles. The maximum absolute atomic E-state index is 3.76. The Morgan fingerprint density at radius 2 is 2.00 bits per heavy atom. The van der Waals surface area contributed by atoms with Gasteiger partial charge in [0.15, 0.2) is 0 Å². The van der Waals surface area contributed by atoms with Crippen molar-refractivity contribution in [2.45, 2.75) is 13.8 Å². The molecule has 0 aromatic heterocycles. The smallest absolute Gasteiger partial charge is 0.0154 e. The molecule has 0 radical (unpaired) electrons. The molecular formula is C16H16. The molecule has 0 heteroatoms. The van der Waals surface area contributed by atoms with Gasteiger partial charge in [-0.2, -0.15) is 0 Å². The van der Waals surface area contributed by atoms with Crippen LogP contribution in [-0.2, 0) is 0 Å². The van der Waals surface area contributed by atoms with E-state index in [2.05, 4.69) is 62.9 Å². The lowest BCUT2D eigenvalue weighted by molar-refractivity contribution is 1.52. The van der Waals surface area contributed by atoms with Gasteiger partial charge in [0.25, 0.3) is 0 Å². The predicted octanol–water partition coefficient (Wildman–Crippen LogP) is 4.74. The molecule has 2 rings (SSSR count). The van der Waals surface area contributed by atoms with Crippen molar-refractivity contribution in [2.24, 2.45) is 0 Å². The van der Waals surface area contributed by atoms with E-state index in [9.17, 15) is 0 Å². The first-order chi connectivity index (χ1) is 7.70. The molecule has 0 saturated carbocycles. The fourth-order valence-electron chi connectivity index (χ4n) is 1.88. The molecule has 0 aliphatic rings. The van der Waals surface area contributed by atoms with E-state index < -0.39 is 0 Å². The molecule has 0 spiro atoms. The summed E-state index contributed by atoms with van der Waals surface area (Å²) in [6.45, 7) is 7.97. The molecule has 0 amide bonds. The van der Waals surface area contributed by atoms with Crippen molar-refractivity contribution >= 4 is 16.8 Å². The lowest BCUT2D eigenvalue weighted by Gasteiger charge is -2.03. The molecule has 80 valence electrons. The SMILES string of the molecule is C=C/C(C)=C\c1ccc2c(C)cccc2c1. The largest absolute Gasteiger partial charge is 0.0988 e. The minimum atomic E-state index is 1.19. The Hall–Kier alpha value is -1.82. The van der Waals surface area contributed by atoms with Gasteiger partial charge < -0.3 is 0 Å². The van der Waals surface area contributed by atoms with E-state index in [-0.39, 0.29) is 0 Å². The summed E-state index contributed by atoms with van der Waals surface area (Å²) >= 11 is 0. The van der Waals surface area contributed by atoms with Crippen LogP contribution >= 0.6 is 0 Å². The summed E-state index contributed by atoms with van der Waals surface area (Å²) in [6.07, 6.45) is 4.02. The zero-order valence-electron chi connectivity index (χ0n) is 9.83. The first-order valence-corrected chi connectivity index (χ1v) is 5.51. The Morgan fingerprint density at radius 1 is 1.19 bits per heavy atom. The second-order valence-corrected chi connectivity index (χ2v) is 4.15. The summed E-state index contributed by atoms with van der Waals surface area (Å²) in [6, 6.07) is 13.0. The molecule has 16 heavy (non-hydrogen) atoms. The standard InChI is InChI=1S/C16H16/c1-4-12(2)10-14-8-9-16-13(3)6-5-7-15(16)11-14/h4-11H,1H2,2-3H3/b12-10-. The van der Waals surface area contributed by atoms with Gasteiger partial charge in [0.1, 0.15) is 0 Å². The van der Waals surface area contributed by atoms with Gasteiger partial charge in [-0.15, -0.1) is 0 Å². The molecule has 2 aromatic carbocycles. The Kier molecular flexibility index (Phi) is 2.91. The van der Waals surface area contributed by atoms with Gasteiger partial charge in [0, 0.05) is 0 Å². The van der Waals surface area contributed by atoms with Gasteiger partial charge in [0.05, 0.1) is 0 Å². The van der Waals surface area contributed by atoms with E-state index >= 15 is 0 Å². The number of benzene rings is 2. The van der Waals surface area contributed by atoms with Gasteiger partial charge >= 0.3 is 0 Å². The molecule has 0 N–H and O–H groups in total. The van der Waals surface area contributed by atoms with Crippen LogP contribution < -0.4 is 0 Å². The van der Waals surface area contributed by atoms with Crippen LogP contribution in [0, 0.1) is 6.92 Å². The molecule has 0 bridgehead atoms. The number of rotatable bonds is 2. The third kappa shape index (κ3) is 2.06. The minimum Gasteiger partial charge on any atom is -0.0988 e. The van der Waals surface area contributed by atoms with Crippen LogP contribution in [0.2, 0.25) is 0 Å². The average molecular weight is 208 g/mol. The summed E-state index contributed by atoms with van der Waals surface area (Å²) in [5.74, 6) is 0. The van der Waals surface area contributed by atoms with Crippen molar-refractivity contribution in [3.8, 4) is 0 Å². The van der Waals surface area contributed by atoms with Gasteiger partial charge in [-0.25, -0.2) is 0 Å². The van der Waals surface area contributed by atoms with Crippen LogP contribution in [0.25, 0.3) is 16.8 Å².